The van der Waals surface area contributed by atoms with Crippen molar-refractivity contribution in [3.63, 3.8) is 0 Å². The molecule has 7 heteroatoms. The van der Waals surface area contributed by atoms with Crippen LogP contribution in [0.25, 0.3) is 10.6 Å². The lowest BCUT2D eigenvalue weighted by molar-refractivity contribution is 0.0596. The number of carbonyl (C=O) groups is 2. The minimum Gasteiger partial charge on any atom is -0.465 e. The van der Waals surface area contributed by atoms with Gasteiger partial charge in [0.05, 0.1) is 29.7 Å². The zero-order valence-corrected chi connectivity index (χ0v) is 13.6. The number of aromatic nitrogens is 1. The summed E-state index contributed by atoms with van der Waals surface area (Å²) < 4.78 is 9.95. The molecule has 1 amide bonds. The molecule has 122 valence electrons. The second-order valence-electron chi connectivity index (χ2n) is 4.88. The van der Waals surface area contributed by atoms with Gasteiger partial charge in [0.2, 0.25) is 0 Å². The summed E-state index contributed by atoms with van der Waals surface area (Å²) >= 11 is 1.55. The second kappa shape index (κ2) is 7.10. The lowest BCUT2D eigenvalue weighted by atomic mass is 10.1. The van der Waals surface area contributed by atoms with E-state index in [0.717, 1.165) is 4.88 Å². The Morgan fingerprint density at radius 3 is 2.71 bits per heavy atom. The molecule has 0 saturated carbocycles. The first kappa shape index (κ1) is 15.9. The molecule has 2 aromatic heterocycles. The van der Waals surface area contributed by atoms with Gasteiger partial charge in [-0.25, -0.2) is 4.79 Å². The van der Waals surface area contributed by atoms with Gasteiger partial charge in [0.25, 0.3) is 5.91 Å². The van der Waals surface area contributed by atoms with Gasteiger partial charge in [-0.1, -0.05) is 23.4 Å². The summed E-state index contributed by atoms with van der Waals surface area (Å²) in [5.41, 5.74) is 1.07. The predicted octanol–water partition coefficient (Wildman–Crippen LogP) is 3.12. The van der Waals surface area contributed by atoms with E-state index in [1.165, 1.54) is 7.11 Å². The van der Waals surface area contributed by atoms with Gasteiger partial charge in [-0.15, -0.1) is 11.3 Å². The summed E-state index contributed by atoms with van der Waals surface area (Å²) in [6.07, 6.45) is 0. The van der Waals surface area contributed by atoms with Gasteiger partial charge in [-0.2, -0.15) is 0 Å². The topological polar surface area (TPSA) is 81.4 Å². The number of thiophene rings is 1. The van der Waals surface area contributed by atoms with Crippen LogP contribution < -0.4 is 5.32 Å². The number of nitrogens with zero attached hydrogens (tertiary/aromatic N) is 1. The van der Waals surface area contributed by atoms with Crippen molar-refractivity contribution < 1.29 is 18.8 Å². The smallest absolute Gasteiger partial charge is 0.338 e. The number of hydrogen-bond acceptors (Lipinski definition) is 6. The quantitative estimate of drug-likeness (QED) is 0.721. The first-order valence-electron chi connectivity index (χ1n) is 7.14. The first-order valence-corrected chi connectivity index (χ1v) is 8.02. The molecule has 24 heavy (non-hydrogen) atoms. The van der Waals surface area contributed by atoms with E-state index >= 15 is 0 Å². The van der Waals surface area contributed by atoms with Crippen molar-refractivity contribution in [2.24, 2.45) is 0 Å². The minimum atomic E-state index is -0.554. The summed E-state index contributed by atoms with van der Waals surface area (Å²) in [5, 5.41) is 8.61. The van der Waals surface area contributed by atoms with Crippen molar-refractivity contribution in [3.05, 3.63) is 64.7 Å². The van der Waals surface area contributed by atoms with Gasteiger partial charge < -0.3 is 14.6 Å². The van der Waals surface area contributed by atoms with Gasteiger partial charge >= 0.3 is 5.97 Å². The van der Waals surface area contributed by atoms with Crippen molar-refractivity contribution in [2.45, 2.75) is 6.54 Å². The fraction of sp³-hybridized carbons (Fsp3) is 0.118. The molecule has 3 rings (SSSR count). The van der Waals surface area contributed by atoms with E-state index in [2.05, 4.69) is 15.2 Å². The molecule has 1 N–H and O–H groups in total. The molecule has 1 aromatic carbocycles. The fourth-order valence-electron chi connectivity index (χ4n) is 2.17. The molecule has 0 spiro atoms. The van der Waals surface area contributed by atoms with Crippen molar-refractivity contribution in [1.82, 2.24) is 10.5 Å². The Hall–Kier alpha value is -2.93. The number of methoxy groups -OCH3 is 1. The molecule has 0 aliphatic rings. The van der Waals surface area contributed by atoms with E-state index in [1.807, 2.05) is 17.5 Å². The SMILES string of the molecule is COC(=O)c1ccccc1C(=O)NCc1cc(-c2cccs2)on1. The zero-order chi connectivity index (χ0) is 16.9. The Kier molecular flexibility index (Phi) is 4.72. The summed E-state index contributed by atoms with van der Waals surface area (Å²) in [4.78, 5) is 25.0. The van der Waals surface area contributed by atoms with Gasteiger partial charge in [0, 0.05) is 6.07 Å². The second-order valence-corrected chi connectivity index (χ2v) is 5.83. The molecule has 0 radical (unpaired) electrons. The summed E-state index contributed by atoms with van der Waals surface area (Å²) in [6, 6.07) is 12.1. The van der Waals surface area contributed by atoms with Crippen molar-refractivity contribution >= 4 is 23.2 Å². The third-order valence-electron chi connectivity index (χ3n) is 3.33. The predicted molar refractivity (Wildman–Crippen MR) is 88.8 cm³/mol. The Labute approximate surface area is 142 Å². The lowest BCUT2D eigenvalue weighted by Gasteiger charge is -2.07. The average molecular weight is 342 g/mol. The molecule has 0 atom stereocenters. The van der Waals surface area contributed by atoms with E-state index in [1.54, 1.807) is 41.7 Å². The van der Waals surface area contributed by atoms with Crippen LogP contribution in [0, 0.1) is 0 Å². The molecular weight excluding hydrogens is 328 g/mol. The average Bonchev–Trinajstić information content (AvgIpc) is 3.30. The number of carbonyl (C=O) groups excluding carboxylic acids is 2. The van der Waals surface area contributed by atoms with E-state index < -0.39 is 5.97 Å². The number of amides is 1. The maximum Gasteiger partial charge on any atom is 0.338 e. The molecule has 0 fully saturated rings. The van der Waals surface area contributed by atoms with E-state index in [4.69, 9.17) is 4.52 Å². The highest BCUT2D eigenvalue weighted by Crippen LogP contribution is 2.25. The summed E-state index contributed by atoms with van der Waals surface area (Å²) in [5.74, 6) is -0.275. The molecule has 0 aliphatic heterocycles. The largest absolute Gasteiger partial charge is 0.465 e. The number of hydrogen-bond donors (Lipinski definition) is 1. The van der Waals surface area contributed by atoms with Crippen LogP contribution in [0.3, 0.4) is 0 Å². The van der Waals surface area contributed by atoms with Crippen LogP contribution in [-0.2, 0) is 11.3 Å². The maximum absolute atomic E-state index is 12.3. The Morgan fingerprint density at radius 1 is 1.21 bits per heavy atom. The highest BCUT2D eigenvalue weighted by atomic mass is 32.1. The number of nitrogens with one attached hydrogen (secondary N) is 1. The summed E-state index contributed by atoms with van der Waals surface area (Å²) in [6.45, 7) is 0.198. The third-order valence-corrected chi connectivity index (χ3v) is 4.21. The number of benzene rings is 1. The maximum atomic E-state index is 12.3. The molecule has 6 nitrogen and oxygen atoms in total. The Morgan fingerprint density at radius 2 is 2.00 bits per heavy atom. The first-order chi connectivity index (χ1) is 11.7. The van der Waals surface area contributed by atoms with Crippen LogP contribution in [0.4, 0.5) is 0 Å². The standard InChI is InChI=1S/C17H14N2O4S/c1-22-17(21)13-6-3-2-5-12(13)16(20)18-10-11-9-14(23-19-11)15-7-4-8-24-15/h2-9H,10H2,1H3,(H,18,20). The van der Waals surface area contributed by atoms with Crippen LogP contribution >= 0.6 is 11.3 Å². The van der Waals surface area contributed by atoms with Crippen LogP contribution in [0.15, 0.2) is 52.4 Å². The minimum absolute atomic E-state index is 0.198. The Bertz CT molecular complexity index is 855. The van der Waals surface area contributed by atoms with Gasteiger partial charge in [-0.05, 0) is 23.6 Å². The van der Waals surface area contributed by atoms with E-state index in [9.17, 15) is 9.59 Å². The van der Waals surface area contributed by atoms with Gasteiger partial charge in [-0.3, -0.25) is 4.79 Å². The number of esters is 1. The normalized spacial score (nSPS) is 10.4. The zero-order valence-electron chi connectivity index (χ0n) is 12.8. The monoisotopic (exact) mass is 342 g/mol. The summed E-state index contributed by atoms with van der Waals surface area (Å²) in [7, 11) is 1.28. The van der Waals surface area contributed by atoms with Crippen LogP contribution in [0.2, 0.25) is 0 Å². The molecule has 0 aliphatic carbocycles. The van der Waals surface area contributed by atoms with Gasteiger partial charge in [0.1, 0.15) is 5.69 Å². The third kappa shape index (κ3) is 3.36. The highest BCUT2D eigenvalue weighted by molar-refractivity contribution is 7.13. The van der Waals surface area contributed by atoms with Gasteiger partial charge in [0.15, 0.2) is 5.76 Å². The lowest BCUT2D eigenvalue weighted by Crippen LogP contribution is -2.25. The highest BCUT2D eigenvalue weighted by Gasteiger charge is 2.17. The van der Waals surface area contributed by atoms with Crippen molar-refractivity contribution in [1.29, 1.82) is 0 Å². The van der Waals surface area contributed by atoms with E-state index in [-0.39, 0.29) is 23.6 Å². The molecule has 0 bridgehead atoms. The fourth-order valence-corrected chi connectivity index (χ4v) is 2.84. The molecule has 2 heterocycles. The molecule has 3 aromatic rings. The molecule has 0 saturated heterocycles. The van der Waals surface area contributed by atoms with Crippen LogP contribution in [0.1, 0.15) is 26.4 Å². The molecule has 0 unspecified atom stereocenters. The molecular formula is C17H14N2O4S. The Balaban J connectivity index is 1.69. The van der Waals surface area contributed by atoms with Crippen molar-refractivity contribution in [3.8, 4) is 10.6 Å². The van der Waals surface area contributed by atoms with E-state index in [0.29, 0.717) is 11.5 Å². The number of rotatable bonds is 5. The van der Waals surface area contributed by atoms with Crippen LogP contribution in [-0.4, -0.2) is 24.1 Å². The van der Waals surface area contributed by atoms with Crippen molar-refractivity contribution in [2.75, 3.05) is 7.11 Å². The van der Waals surface area contributed by atoms with Crippen LogP contribution in [0.5, 0.6) is 0 Å². The number of ether oxygens (including phenoxy) is 1.